The largest absolute Gasteiger partial charge is 0.461 e. The summed E-state index contributed by atoms with van der Waals surface area (Å²) < 4.78 is 7.03. The molecular weight excluding hydrogens is 254 g/mol. The van der Waals surface area contributed by atoms with Crippen LogP contribution in [0.4, 0.5) is 5.82 Å². The summed E-state index contributed by atoms with van der Waals surface area (Å²) in [6.07, 6.45) is 5.74. The summed E-state index contributed by atoms with van der Waals surface area (Å²) in [5.41, 5.74) is 6.68. The normalized spacial score (nSPS) is 17.4. The van der Waals surface area contributed by atoms with Crippen molar-refractivity contribution in [3.05, 3.63) is 11.5 Å². The Balaban J connectivity index is 2.29. The standard InChI is InChI=1S/C15H25N3O2/c1-4-11-17-12(14(19)20-5-2)13(16)18(11)10-15(3)8-6-7-9-15/h4-10,16H2,1-3H3. The smallest absolute Gasteiger partial charge is 0.360 e. The maximum atomic E-state index is 11.9. The first-order valence-electron chi connectivity index (χ1n) is 7.52. The molecule has 0 atom stereocenters. The number of hydrogen-bond donors (Lipinski definition) is 1. The molecule has 1 aromatic rings. The number of nitrogens with two attached hydrogens (primary N) is 1. The molecule has 0 bridgehead atoms. The summed E-state index contributed by atoms with van der Waals surface area (Å²) >= 11 is 0. The van der Waals surface area contributed by atoms with Crippen molar-refractivity contribution in [2.75, 3.05) is 12.3 Å². The molecule has 1 aliphatic carbocycles. The summed E-state index contributed by atoms with van der Waals surface area (Å²) in [5.74, 6) is 0.905. The van der Waals surface area contributed by atoms with E-state index < -0.39 is 5.97 Å². The summed E-state index contributed by atoms with van der Waals surface area (Å²) in [4.78, 5) is 16.3. The minimum absolute atomic E-state index is 0.269. The Morgan fingerprint density at radius 2 is 2.05 bits per heavy atom. The molecule has 0 radical (unpaired) electrons. The molecule has 0 aromatic carbocycles. The number of nitrogen functional groups attached to an aromatic ring is 1. The molecule has 1 fully saturated rings. The second-order valence-corrected chi connectivity index (χ2v) is 5.94. The number of anilines is 1. The van der Waals surface area contributed by atoms with Crippen molar-refractivity contribution < 1.29 is 9.53 Å². The molecule has 0 amide bonds. The van der Waals surface area contributed by atoms with Gasteiger partial charge < -0.3 is 15.0 Å². The average Bonchev–Trinajstić information content (AvgIpc) is 2.96. The predicted molar refractivity (Wildman–Crippen MR) is 78.5 cm³/mol. The van der Waals surface area contributed by atoms with Crippen LogP contribution in [-0.2, 0) is 17.7 Å². The van der Waals surface area contributed by atoms with Crippen LogP contribution in [0.3, 0.4) is 0 Å². The molecule has 0 unspecified atom stereocenters. The lowest BCUT2D eigenvalue weighted by atomic mass is 9.89. The van der Waals surface area contributed by atoms with Crippen LogP contribution in [-0.4, -0.2) is 22.1 Å². The number of ether oxygens (including phenoxy) is 1. The van der Waals surface area contributed by atoms with Gasteiger partial charge >= 0.3 is 5.97 Å². The fourth-order valence-corrected chi connectivity index (χ4v) is 3.08. The molecule has 5 heteroatoms. The van der Waals surface area contributed by atoms with Crippen LogP contribution in [0.1, 0.15) is 62.8 Å². The fourth-order valence-electron chi connectivity index (χ4n) is 3.08. The average molecular weight is 279 g/mol. The first kappa shape index (κ1) is 14.9. The van der Waals surface area contributed by atoms with E-state index in [-0.39, 0.29) is 11.1 Å². The van der Waals surface area contributed by atoms with Crippen molar-refractivity contribution in [3.8, 4) is 0 Å². The second-order valence-electron chi connectivity index (χ2n) is 5.94. The Kier molecular flexibility index (Phi) is 4.35. The Labute approximate surface area is 120 Å². The zero-order valence-corrected chi connectivity index (χ0v) is 12.7. The van der Waals surface area contributed by atoms with E-state index in [1.807, 2.05) is 11.5 Å². The minimum Gasteiger partial charge on any atom is -0.461 e. The first-order valence-corrected chi connectivity index (χ1v) is 7.52. The van der Waals surface area contributed by atoms with Crippen molar-refractivity contribution in [1.82, 2.24) is 9.55 Å². The topological polar surface area (TPSA) is 70.1 Å². The van der Waals surface area contributed by atoms with E-state index in [4.69, 9.17) is 10.5 Å². The Morgan fingerprint density at radius 1 is 1.40 bits per heavy atom. The van der Waals surface area contributed by atoms with E-state index in [1.54, 1.807) is 6.92 Å². The molecule has 5 nitrogen and oxygen atoms in total. The number of aromatic nitrogens is 2. The van der Waals surface area contributed by atoms with Crippen LogP contribution in [0.25, 0.3) is 0 Å². The van der Waals surface area contributed by atoms with E-state index in [2.05, 4.69) is 11.9 Å². The van der Waals surface area contributed by atoms with Gasteiger partial charge in [-0.1, -0.05) is 26.7 Å². The third kappa shape index (κ3) is 2.81. The van der Waals surface area contributed by atoms with Crippen molar-refractivity contribution in [3.63, 3.8) is 0 Å². The van der Waals surface area contributed by atoms with E-state index in [9.17, 15) is 4.79 Å². The number of nitrogens with zero attached hydrogens (tertiary/aromatic N) is 2. The second kappa shape index (κ2) is 5.85. The van der Waals surface area contributed by atoms with Crippen molar-refractivity contribution in [1.29, 1.82) is 0 Å². The van der Waals surface area contributed by atoms with Gasteiger partial charge in [0.05, 0.1) is 6.61 Å². The van der Waals surface area contributed by atoms with Crippen LogP contribution >= 0.6 is 0 Å². The van der Waals surface area contributed by atoms with Gasteiger partial charge in [-0.25, -0.2) is 9.78 Å². The van der Waals surface area contributed by atoms with Gasteiger partial charge in [0.1, 0.15) is 11.6 Å². The zero-order chi connectivity index (χ0) is 14.8. The lowest BCUT2D eigenvalue weighted by Crippen LogP contribution is -2.22. The van der Waals surface area contributed by atoms with Crippen LogP contribution in [0.15, 0.2) is 0 Å². The highest BCUT2D eigenvalue weighted by Crippen LogP contribution is 2.40. The summed E-state index contributed by atoms with van der Waals surface area (Å²) in [6, 6.07) is 0. The van der Waals surface area contributed by atoms with Gasteiger partial charge in [-0.2, -0.15) is 0 Å². The highest BCUT2D eigenvalue weighted by Gasteiger charge is 2.31. The van der Waals surface area contributed by atoms with Crippen LogP contribution in [0.2, 0.25) is 0 Å². The van der Waals surface area contributed by atoms with E-state index >= 15 is 0 Å². The van der Waals surface area contributed by atoms with Crippen molar-refractivity contribution >= 4 is 11.8 Å². The molecule has 0 aliphatic heterocycles. The number of carbonyl (C=O) groups is 1. The molecule has 1 saturated carbocycles. The van der Waals surface area contributed by atoms with Gasteiger partial charge in [0.2, 0.25) is 0 Å². The number of aryl methyl sites for hydroxylation is 1. The number of rotatable bonds is 5. The summed E-state index contributed by atoms with van der Waals surface area (Å²) in [6.45, 7) is 7.29. The lowest BCUT2D eigenvalue weighted by molar-refractivity contribution is 0.0521. The monoisotopic (exact) mass is 279 g/mol. The third-order valence-electron chi connectivity index (χ3n) is 4.22. The fraction of sp³-hybridized carbons (Fsp3) is 0.733. The highest BCUT2D eigenvalue weighted by molar-refractivity contribution is 5.92. The van der Waals surface area contributed by atoms with E-state index in [1.165, 1.54) is 25.7 Å². The SMILES string of the molecule is CCOC(=O)c1nc(CC)n(CC2(C)CCCC2)c1N. The summed E-state index contributed by atoms with van der Waals surface area (Å²) in [5, 5.41) is 0. The predicted octanol–water partition coefficient (Wildman–Crippen LogP) is 2.78. The highest BCUT2D eigenvalue weighted by atomic mass is 16.5. The zero-order valence-electron chi connectivity index (χ0n) is 12.7. The number of imidazole rings is 1. The molecule has 1 aromatic heterocycles. The molecule has 0 saturated heterocycles. The maximum absolute atomic E-state index is 11.9. The van der Waals surface area contributed by atoms with Crippen LogP contribution in [0.5, 0.6) is 0 Å². The molecule has 0 spiro atoms. The number of carbonyl (C=O) groups excluding carboxylic acids is 1. The Morgan fingerprint density at radius 3 is 2.60 bits per heavy atom. The van der Waals surface area contributed by atoms with Crippen molar-refractivity contribution in [2.45, 2.75) is 59.4 Å². The van der Waals surface area contributed by atoms with Gasteiger partial charge in [-0.05, 0) is 25.2 Å². The van der Waals surface area contributed by atoms with Crippen molar-refractivity contribution in [2.24, 2.45) is 5.41 Å². The van der Waals surface area contributed by atoms with Crippen LogP contribution in [0, 0.1) is 5.41 Å². The van der Waals surface area contributed by atoms with Gasteiger partial charge in [-0.15, -0.1) is 0 Å². The molecular formula is C15H25N3O2. The Bertz CT molecular complexity index is 488. The third-order valence-corrected chi connectivity index (χ3v) is 4.22. The van der Waals surface area contributed by atoms with Gasteiger partial charge in [0, 0.05) is 13.0 Å². The Hall–Kier alpha value is -1.52. The van der Waals surface area contributed by atoms with Crippen LogP contribution < -0.4 is 5.73 Å². The molecule has 1 aliphatic rings. The molecule has 2 N–H and O–H groups in total. The molecule has 2 rings (SSSR count). The number of esters is 1. The van der Waals surface area contributed by atoms with E-state index in [0.29, 0.717) is 12.4 Å². The quantitative estimate of drug-likeness (QED) is 0.841. The molecule has 20 heavy (non-hydrogen) atoms. The molecule has 1 heterocycles. The first-order chi connectivity index (χ1) is 9.50. The maximum Gasteiger partial charge on any atom is 0.360 e. The van der Waals surface area contributed by atoms with Gasteiger partial charge in [-0.3, -0.25) is 0 Å². The molecule has 112 valence electrons. The van der Waals surface area contributed by atoms with Gasteiger partial charge in [0.15, 0.2) is 5.69 Å². The minimum atomic E-state index is -0.421. The van der Waals surface area contributed by atoms with E-state index in [0.717, 1.165) is 18.8 Å². The lowest BCUT2D eigenvalue weighted by Gasteiger charge is -2.25. The van der Waals surface area contributed by atoms with Gasteiger partial charge in [0.25, 0.3) is 0 Å². The summed E-state index contributed by atoms with van der Waals surface area (Å²) in [7, 11) is 0. The number of hydrogen-bond acceptors (Lipinski definition) is 4.